The summed E-state index contributed by atoms with van der Waals surface area (Å²) >= 11 is 0. The maximum atomic E-state index is 12.6. The van der Waals surface area contributed by atoms with Crippen molar-refractivity contribution in [1.29, 1.82) is 0 Å². The molecule has 5 atom stereocenters. The molecule has 2 rings (SSSR count). The molecule has 2 aliphatic carbocycles. The zero-order valence-electron chi connectivity index (χ0n) is 15.7. The SMILES string of the molecule is C=CC(C)C(=O)C[C@H]1C(=C)CC[C@@H]2[C@]1(C)CCC[C@]2(C)C(=O)OC. The van der Waals surface area contributed by atoms with Gasteiger partial charge < -0.3 is 4.74 Å². The van der Waals surface area contributed by atoms with Crippen LogP contribution < -0.4 is 0 Å². The summed E-state index contributed by atoms with van der Waals surface area (Å²) in [4.78, 5) is 25.1. The monoisotopic (exact) mass is 332 g/mol. The summed E-state index contributed by atoms with van der Waals surface area (Å²) in [6.07, 6.45) is 6.99. The van der Waals surface area contributed by atoms with Gasteiger partial charge >= 0.3 is 5.97 Å². The van der Waals surface area contributed by atoms with E-state index >= 15 is 0 Å². The van der Waals surface area contributed by atoms with Gasteiger partial charge in [-0.3, -0.25) is 9.59 Å². The Labute approximate surface area is 146 Å². The molecule has 0 aromatic heterocycles. The van der Waals surface area contributed by atoms with Gasteiger partial charge in [-0.05, 0) is 49.9 Å². The van der Waals surface area contributed by atoms with Gasteiger partial charge in [0.2, 0.25) is 0 Å². The van der Waals surface area contributed by atoms with Gasteiger partial charge in [-0.2, -0.15) is 0 Å². The number of rotatable bonds is 5. The van der Waals surface area contributed by atoms with Crippen molar-refractivity contribution in [2.75, 3.05) is 7.11 Å². The van der Waals surface area contributed by atoms with E-state index in [9.17, 15) is 9.59 Å². The first-order chi connectivity index (χ1) is 11.2. The summed E-state index contributed by atoms with van der Waals surface area (Å²) in [5, 5.41) is 0. The standard InChI is InChI=1S/C21H32O3/c1-7-14(2)17(22)13-16-15(3)9-10-18-20(16,4)11-8-12-21(18,5)19(23)24-6/h7,14,16,18H,1,3,8-13H2,2,4-6H3/t14?,16-,18+,20+,21-/m0/s1. The Hall–Kier alpha value is -1.38. The van der Waals surface area contributed by atoms with Gasteiger partial charge in [-0.15, -0.1) is 6.58 Å². The van der Waals surface area contributed by atoms with Crippen LogP contribution in [0.3, 0.4) is 0 Å². The Morgan fingerprint density at radius 3 is 2.62 bits per heavy atom. The summed E-state index contributed by atoms with van der Waals surface area (Å²) in [5.41, 5.74) is 0.661. The van der Waals surface area contributed by atoms with E-state index in [-0.39, 0.29) is 34.9 Å². The zero-order valence-corrected chi connectivity index (χ0v) is 15.7. The lowest BCUT2D eigenvalue weighted by molar-refractivity contribution is -0.168. The molecule has 0 radical (unpaired) electrons. The second-order valence-corrected chi connectivity index (χ2v) is 8.27. The number of carbonyl (C=O) groups is 2. The highest BCUT2D eigenvalue weighted by Crippen LogP contribution is 2.62. The number of hydrogen-bond donors (Lipinski definition) is 0. The second-order valence-electron chi connectivity index (χ2n) is 8.27. The van der Waals surface area contributed by atoms with Crippen molar-refractivity contribution in [3.05, 3.63) is 24.8 Å². The van der Waals surface area contributed by atoms with Crippen LogP contribution in [0.4, 0.5) is 0 Å². The minimum atomic E-state index is -0.451. The molecule has 3 nitrogen and oxygen atoms in total. The van der Waals surface area contributed by atoms with E-state index < -0.39 is 5.41 Å². The third-order valence-electron chi connectivity index (χ3n) is 6.94. The first-order valence-electron chi connectivity index (χ1n) is 9.12. The molecule has 2 saturated carbocycles. The van der Waals surface area contributed by atoms with Crippen molar-refractivity contribution in [2.24, 2.45) is 28.6 Å². The van der Waals surface area contributed by atoms with Crippen molar-refractivity contribution in [3.8, 4) is 0 Å². The van der Waals surface area contributed by atoms with Crippen LogP contribution in [-0.2, 0) is 14.3 Å². The Kier molecular flexibility index (Phi) is 5.41. The molecular formula is C21H32O3. The second kappa shape index (κ2) is 6.85. The number of esters is 1. The highest BCUT2D eigenvalue weighted by Gasteiger charge is 2.58. The fourth-order valence-corrected chi connectivity index (χ4v) is 5.32. The molecule has 134 valence electrons. The van der Waals surface area contributed by atoms with Crippen LogP contribution >= 0.6 is 0 Å². The Morgan fingerprint density at radius 1 is 1.38 bits per heavy atom. The number of fused-ring (bicyclic) bond motifs is 1. The molecule has 0 heterocycles. The van der Waals surface area contributed by atoms with Crippen LogP contribution in [0.15, 0.2) is 24.8 Å². The molecule has 0 saturated heterocycles. The van der Waals surface area contributed by atoms with Gasteiger partial charge in [0.05, 0.1) is 12.5 Å². The molecule has 24 heavy (non-hydrogen) atoms. The van der Waals surface area contributed by atoms with E-state index in [0.717, 1.165) is 32.1 Å². The minimum Gasteiger partial charge on any atom is -0.469 e. The first kappa shape index (κ1) is 19.0. The van der Waals surface area contributed by atoms with Gasteiger partial charge in [0, 0.05) is 12.3 Å². The predicted molar refractivity (Wildman–Crippen MR) is 96.4 cm³/mol. The predicted octanol–water partition coefficient (Wildman–Crippen LogP) is 4.72. The van der Waals surface area contributed by atoms with Crippen molar-refractivity contribution in [1.82, 2.24) is 0 Å². The molecular weight excluding hydrogens is 300 g/mol. The van der Waals surface area contributed by atoms with Crippen LogP contribution in [-0.4, -0.2) is 18.9 Å². The molecule has 0 amide bonds. The molecule has 0 aromatic carbocycles. The van der Waals surface area contributed by atoms with Crippen molar-refractivity contribution in [3.63, 3.8) is 0 Å². The van der Waals surface area contributed by atoms with Gasteiger partial charge in [0.25, 0.3) is 0 Å². The third-order valence-corrected chi connectivity index (χ3v) is 6.94. The smallest absolute Gasteiger partial charge is 0.311 e. The van der Waals surface area contributed by atoms with E-state index in [1.807, 2.05) is 6.92 Å². The zero-order chi connectivity index (χ0) is 18.1. The molecule has 0 aliphatic heterocycles. The Balaban J connectivity index is 2.35. The van der Waals surface area contributed by atoms with E-state index in [1.54, 1.807) is 6.08 Å². The van der Waals surface area contributed by atoms with E-state index in [1.165, 1.54) is 12.7 Å². The number of hydrogen-bond acceptors (Lipinski definition) is 3. The topological polar surface area (TPSA) is 43.4 Å². The first-order valence-corrected chi connectivity index (χ1v) is 9.12. The molecule has 2 aliphatic rings. The quantitative estimate of drug-likeness (QED) is 0.540. The summed E-state index contributed by atoms with van der Waals surface area (Å²) in [5.74, 6) is 0.389. The lowest BCUT2D eigenvalue weighted by Crippen LogP contribution is -2.54. The average Bonchev–Trinajstić information content (AvgIpc) is 2.56. The highest BCUT2D eigenvalue weighted by atomic mass is 16.5. The number of ketones is 1. The van der Waals surface area contributed by atoms with Crippen LogP contribution in [0, 0.1) is 28.6 Å². The lowest BCUT2D eigenvalue weighted by Gasteiger charge is -2.57. The van der Waals surface area contributed by atoms with Crippen LogP contribution in [0.5, 0.6) is 0 Å². The minimum absolute atomic E-state index is 0.0624. The fourth-order valence-electron chi connectivity index (χ4n) is 5.32. The molecule has 2 fully saturated rings. The largest absolute Gasteiger partial charge is 0.469 e. The van der Waals surface area contributed by atoms with Crippen molar-refractivity contribution >= 4 is 11.8 Å². The van der Waals surface area contributed by atoms with E-state index in [2.05, 4.69) is 27.0 Å². The van der Waals surface area contributed by atoms with E-state index in [0.29, 0.717) is 6.42 Å². The molecule has 0 bridgehead atoms. The summed E-state index contributed by atoms with van der Waals surface area (Å²) in [6, 6.07) is 0. The average molecular weight is 332 g/mol. The molecule has 0 N–H and O–H groups in total. The molecule has 0 spiro atoms. The lowest BCUT2D eigenvalue weighted by atomic mass is 9.46. The van der Waals surface area contributed by atoms with Gasteiger partial charge in [-0.1, -0.05) is 38.5 Å². The van der Waals surface area contributed by atoms with Gasteiger partial charge in [0.1, 0.15) is 5.78 Å². The van der Waals surface area contributed by atoms with E-state index in [4.69, 9.17) is 4.74 Å². The van der Waals surface area contributed by atoms with Crippen molar-refractivity contribution < 1.29 is 14.3 Å². The number of allylic oxidation sites excluding steroid dienone is 2. The van der Waals surface area contributed by atoms with Crippen LogP contribution in [0.25, 0.3) is 0 Å². The molecule has 0 aromatic rings. The molecule has 1 unspecified atom stereocenters. The van der Waals surface area contributed by atoms with Gasteiger partial charge in [0.15, 0.2) is 0 Å². The van der Waals surface area contributed by atoms with Gasteiger partial charge in [-0.25, -0.2) is 0 Å². The summed E-state index contributed by atoms with van der Waals surface area (Å²) in [7, 11) is 1.48. The summed E-state index contributed by atoms with van der Waals surface area (Å²) < 4.78 is 5.14. The van der Waals surface area contributed by atoms with Crippen LogP contribution in [0.1, 0.15) is 59.3 Å². The maximum Gasteiger partial charge on any atom is 0.311 e. The number of methoxy groups -OCH3 is 1. The Bertz CT molecular complexity index is 549. The summed E-state index contributed by atoms with van der Waals surface area (Å²) in [6.45, 7) is 14.3. The number of Topliss-reactive ketones (excluding diaryl/α,β-unsaturated/α-hetero) is 1. The normalized spacial score (nSPS) is 37.2. The Morgan fingerprint density at radius 2 is 2.04 bits per heavy atom. The fraction of sp³-hybridized carbons (Fsp3) is 0.714. The molecule has 3 heteroatoms. The van der Waals surface area contributed by atoms with Crippen LogP contribution in [0.2, 0.25) is 0 Å². The third kappa shape index (κ3) is 2.98. The highest BCUT2D eigenvalue weighted by molar-refractivity contribution is 5.83. The maximum absolute atomic E-state index is 12.6. The number of carbonyl (C=O) groups excluding carboxylic acids is 2. The number of ether oxygens (including phenoxy) is 1. The van der Waals surface area contributed by atoms with Crippen molar-refractivity contribution in [2.45, 2.75) is 59.3 Å².